The van der Waals surface area contributed by atoms with Crippen molar-refractivity contribution in [3.63, 3.8) is 0 Å². The first kappa shape index (κ1) is 10.1. The highest BCUT2D eigenvalue weighted by Crippen LogP contribution is 2.01. The Balaban J connectivity index is 3.93. The van der Waals surface area contributed by atoms with Crippen LogP contribution in [0.2, 0.25) is 0 Å². The maximum atomic E-state index is 10.6. The van der Waals surface area contributed by atoms with E-state index in [9.17, 15) is 9.00 Å². The van der Waals surface area contributed by atoms with Crippen molar-refractivity contribution in [2.45, 2.75) is 6.42 Å². The summed E-state index contributed by atoms with van der Waals surface area (Å²) in [7, 11) is 0. The molecule has 62 valence electrons. The Kier molecular flexibility index (Phi) is 4.40. The molecule has 0 radical (unpaired) electrons. The van der Waals surface area contributed by atoms with Crippen molar-refractivity contribution < 1.29 is 17.7 Å². The van der Waals surface area contributed by atoms with E-state index < -0.39 is 17.3 Å². The Morgan fingerprint density at radius 2 is 2.27 bits per heavy atom. The molecule has 1 N–H and O–H groups in total. The van der Waals surface area contributed by atoms with E-state index in [0.29, 0.717) is 0 Å². The molecule has 0 fully saturated rings. The molecule has 0 saturated heterocycles. The fourth-order valence-electron chi connectivity index (χ4n) is 0.381. The Labute approximate surface area is 67.0 Å². The van der Waals surface area contributed by atoms with E-state index in [2.05, 4.69) is 17.3 Å². The maximum absolute atomic E-state index is 10.6. The third kappa shape index (κ3) is 4.46. The third-order valence-corrected chi connectivity index (χ3v) is 1.12. The second-order valence-corrected chi connectivity index (χ2v) is 2.29. The second kappa shape index (κ2) is 4.81. The standard InChI is InChI=1S/C6H8O4S/c1-3-4-5(2)6(7)10-11(8)9/h3H,1-2,4H2,(H,8,9). The van der Waals surface area contributed by atoms with Crippen LogP contribution in [0.4, 0.5) is 0 Å². The molecular formula is C6H8O4S. The highest BCUT2D eigenvalue weighted by molar-refractivity contribution is 7.74. The van der Waals surface area contributed by atoms with Crippen LogP contribution in [0.15, 0.2) is 24.8 Å². The minimum Gasteiger partial charge on any atom is -0.339 e. The summed E-state index contributed by atoms with van der Waals surface area (Å²) in [6, 6.07) is 0. The Morgan fingerprint density at radius 1 is 1.73 bits per heavy atom. The molecule has 0 aliphatic heterocycles. The van der Waals surface area contributed by atoms with Gasteiger partial charge >= 0.3 is 17.3 Å². The fraction of sp³-hybridized carbons (Fsp3) is 0.167. The van der Waals surface area contributed by atoms with Crippen molar-refractivity contribution in [2.75, 3.05) is 0 Å². The normalized spacial score (nSPS) is 11.7. The predicted octanol–water partition coefficient (Wildman–Crippen LogP) is 0.799. The minimum atomic E-state index is -2.56. The van der Waals surface area contributed by atoms with Crippen LogP contribution in [0.25, 0.3) is 0 Å². The van der Waals surface area contributed by atoms with Gasteiger partial charge in [0.2, 0.25) is 0 Å². The molecule has 0 aromatic rings. The first-order valence-corrected chi connectivity index (χ1v) is 3.73. The van der Waals surface area contributed by atoms with Crippen LogP contribution in [0.1, 0.15) is 6.42 Å². The number of carbonyl (C=O) groups is 1. The average Bonchev–Trinajstić information content (AvgIpc) is 1.86. The maximum Gasteiger partial charge on any atom is 0.360 e. The molecule has 5 heteroatoms. The van der Waals surface area contributed by atoms with Gasteiger partial charge < -0.3 is 4.18 Å². The van der Waals surface area contributed by atoms with Crippen molar-refractivity contribution in [3.05, 3.63) is 24.8 Å². The third-order valence-electron chi connectivity index (χ3n) is 0.826. The number of hydrogen-bond donors (Lipinski definition) is 1. The number of carbonyl (C=O) groups excluding carboxylic acids is 1. The topological polar surface area (TPSA) is 63.6 Å². The Bertz CT molecular complexity index is 209. The van der Waals surface area contributed by atoms with Gasteiger partial charge in [0, 0.05) is 5.57 Å². The zero-order chi connectivity index (χ0) is 8.85. The van der Waals surface area contributed by atoms with Crippen LogP contribution < -0.4 is 0 Å². The van der Waals surface area contributed by atoms with Crippen LogP contribution >= 0.6 is 0 Å². The van der Waals surface area contributed by atoms with Gasteiger partial charge in [-0.2, -0.15) is 4.21 Å². The lowest BCUT2D eigenvalue weighted by molar-refractivity contribution is -0.129. The molecule has 0 aliphatic rings. The molecule has 0 aromatic carbocycles. The van der Waals surface area contributed by atoms with E-state index in [0.717, 1.165) is 0 Å². The van der Waals surface area contributed by atoms with Crippen LogP contribution in [-0.4, -0.2) is 14.7 Å². The molecule has 0 aromatic heterocycles. The minimum absolute atomic E-state index is 0.0994. The van der Waals surface area contributed by atoms with E-state index >= 15 is 0 Å². The summed E-state index contributed by atoms with van der Waals surface area (Å²) < 4.78 is 21.9. The van der Waals surface area contributed by atoms with Gasteiger partial charge in [0.1, 0.15) is 0 Å². The Hall–Kier alpha value is -0.940. The number of hydrogen-bond acceptors (Lipinski definition) is 3. The molecule has 0 amide bonds. The van der Waals surface area contributed by atoms with Gasteiger partial charge in [0.05, 0.1) is 0 Å². The van der Waals surface area contributed by atoms with E-state index in [-0.39, 0.29) is 12.0 Å². The van der Waals surface area contributed by atoms with Gasteiger partial charge in [0.25, 0.3) is 0 Å². The van der Waals surface area contributed by atoms with E-state index in [1.807, 2.05) is 0 Å². The van der Waals surface area contributed by atoms with Crippen LogP contribution in [0, 0.1) is 0 Å². The summed E-state index contributed by atoms with van der Waals surface area (Å²) in [4.78, 5) is 10.6. The summed E-state index contributed by atoms with van der Waals surface area (Å²) >= 11 is -2.56. The van der Waals surface area contributed by atoms with Crippen molar-refractivity contribution in [1.82, 2.24) is 0 Å². The smallest absolute Gasteiger partial charge is 0.339 e. The van der Waals surface area contributed by atoms with Crippen molar-refractivity contribution >= 4 is 17.3 Å². The largest absolute Gasteiger partial charge is 0.360 e. The molecule has 1 unspecified atom stereocenters. The van der Waals surface area contributed by atoms with Crippen LogP contribution in [0.5, 0.6) is 0 Å². The number of rotatable bonds is 4. The van der Waals surface area contributed by atoms with Gasteiger partial charge in [0.15, 0.2) is 0 Å². The molecular weight excluding hydrogens is 168 g/mol. The lowest BCUT2D eigenvalue weighted by Gasteiger charge is -1.98. The monoisotopic (exact) mass is 176 g/mol. The zero-order valence-electron chi connectivity index (χ0n) is 5.78. The van der Waals surface area contributed by atoms with E-state index in [1.54, 1.807) is 0 Å². The number of allylic oxidation sites excluding steroid dienone is 1. The van der Waals surface area contributed by atoms with Gasteiger partial charge in [-0.25, -0.2) is 4.79 Å². The van der Waals surface area contributed by atoms with E-state index in [4.69, 9.17) is 4.55 Å². The quantitative estimate of drug-likeness (QED) is 0.391. The highest BCUT2D eigenvalue weighted by Gasteiger charge is 2.09. The second-order valence-electron chi connectivity index (χ2n) is 1.68. The SMILES string of the molecule is C=CCC(=C)C(=O)OS(=O)O. The molecule has 4 nitrogen and oxygen atoms in total. The lowest BCUT2D eigenvalue weighted by Crippen LogP contribution is -2.08. The van der Waals surface area contributed by atoms with Gasteiger partial charge in [-0.15, -0.1) is 6.58 Å². The summed E-state index contributed by atoms with van der Waals surface area (Å²) in [5.41, 5.74) is 0.0994. The molecule has 0 saturated carbocycles. The molecule has 0 heterocycles. The first-order valence-electron chi connectivity index (χ1n) is 2.70. The summed E-state index contributed by atoms with van der Waals surface area (Å²) in [5, 5.41) is 0. The lowest BCUT2D eigenvalue weighted by atomic mass is 10.2. The summed E-state index contributed by atoms with van der Waals surface area (Å²) in [6.45, 7) is 6.66. The molecule has 1 atom stereocenters. The zero-order valence-corrected chi connectivity index (χ0v) is 6.60. The molecule has 11 heavy (non-hydrogen) atoms. The first-order chi connectivity index (χ1) is 5.07. The van der Waals surface area contributed by atoms with Gasteiger partial charge in [-0.3, -0.25) is 4.55 Å². The summed E-state index contributed by atoms with van der Waals surface area (Å²) in [5.74, 6) is -0.884. The molecule has 0 rings (SSSR count). The summed E-state index contributed by atoms with van der Waals surface area (Å²) in [6.07, 6.45) is 1.69. The van der Waals surface area contributed by atoms with Crippen LogP contribution in [-0.2, 0) is 20.3 Å². The van der Waals surface area contributed by atoms with Gasteiger partial charge in [-0.05, 0) is 6.42 Å². The molecule has 0 spiro atoms. The van der Waals surface area contributed by atoms with E-state index in [1.165, 1.54) is 6.08 Å². The van der Waals surface area contributed by atoms with Crippen molar-refractivity contribution in [1.29, 1.82) is 0 Å². The van der Waals surface area contributed by atoms with Gasteiger partial charge in [-0.1, -0.05) is 12.7 Å². The highest BCUT2D eigenvalue weighted by atomic mass is 32.2. The molecule has 0 bridgehead atoms. The van der Waals surface area contributed by atoms with Crippen molar-refractivity contribution in [3.8, 4) is 0 Å². The van der Waals surface area contributed by atoms with Crippen molar-refractivity contribution in [2.24, 2.45) is 0 Å². The predicted molar refractivity (Wildman–Crippen MR) is 40.8 cm³/mol. The molecule has 0 aliphatic carbocycles. The van der Waals surface area contributed by atoms with Crippen LogP contribution in [0.3, 0.4) is 0 Å². The fourth-order valence-corrected chi connectivity index (χ4v) is 0.629. The Morgan fingerprint density at radius 3 is 2.64 bits per heavy atom. The average molecular weight is 176 g/mol.